The fraction of sp³-hybridized carbons (Fsp3) is 0.500. The highest BCUT2D eigenvalue weighted by Gasteiger charge is 1.93. The smallest absolute Gasteiger partial charge is 0.329 e. The average Bonchev–Trinajstić information content (AvgIpc) is 1.99. The molecule has 58 valence electrons. The van der Waals surface area contributed by atoms with Crippen LogP contribution in [0.3, 0.4) is 0 Å². The number of carbonyl (C=O) groups excluding carboxylic acids is 1. The van der Waals surface area contributed by atoms with Crippen LogP contribution in [0.25, 0.3) is 0 Å². The Morgan fingerprint density at radius 2 is 2.30 bits per heavy atom. The number of amides is 2. The Bertz CT molecular complexity index is 142. The molecule has 4 nitrogen and oxygen atoms in total. The number of nitrogens with one attached hydrogen (secondary N) is 2. The van der Waals surface area contributed by atoms with Crippen molar-refractivity contribution < 1.29 is 4.79 Å². The summed E-state index contributed by atoms with van der Waals surface area (Å²) in [4.78, 5) is 10.5. The van der Waals surface area contributed by atoms with Gasteiger partial charge < -0.3 is 5.32 Å². The molecular formula is C6H13N3O. The summed E-state index contributed by atoms with van der Waals surface area (Å²) >= 11 is 0. The first kappa shape index (κ1) is 8.97. The maximum Gasteiger partial charge on any atom is 0.329 e. The molecule has 2 amide bonds. The molecule has 0 radical (unpaired) electrons. The van der Waals surface area contributed by atoms with Crippen LogP contribution in [-0.2, 0) is 0 Å². The molecule has 0 saturated carbocycles. The molecule has 4 heteroatoms. The van der Waals surface area contributed by atoms with E-state index in [9.17, 15) is 4.79 Å². The summed E-state index contributed by atoms with van der Waals surface area (Å²) in [6, 6.07) is -0.360. The second kappa shape index (κ2) is 4.81. The van der Waals surface area contributed by atoms with Crippen LogP contribution in [0.15, 0.2) is 11.6 Å². The highest BCUT2D eigenvalue weighted by Crippen LogP contribution is 1.86. The maximum absolute atomic E-state index is 10.5. The number of nitrogens with two attached hydrogens (primary N) is 1. The van der Waals surface area contributed by atoms with Crippen LogP contribution in [0, 0.1) is 0 Å². The highest BCUT2D eigenvalue weighted by atomic mass is 16.2. The second-order valence-electron chi connectivity index (χ2n) is 1.96. The lowest BCUT2D eigenvalue weighted by atomic mass is 10.3. The van der Waals surface area contributed by atoms with Crippen LogP contribution >= 0.6 is 0 Å². The summed E-state index contributed by atoms with van der Waals surface area (Å²) in [6.45, 7) is 4.38. The molecule has 10 heavy (non-hydrogen) atoms. The largest absolute Gasteiger partial charge is 0.333 e. The van der Waals surface area contributed by atoms with Crippen molar-refractivity contribution in [2.45, 2.75) is 13.8 Å². The number of rotatable bonds is 2. The third kappa shape index (κ3) is 3.91. The molecule has 0 saturated heterocycles. The number of allylic oxidation sites excluding steroid dienone is 1. The summed E-state index contributed by atoms with van der Waals surface area (Å²) in [5.74, 6) is 4.82. The molecule has 0 spiro atoms. The van der Waals surface area contributed by atoms with E-state index in [1.54, 1.807) is 0 Å². The van der Waals surface area contributed by atoms with Crippen molar-refractivity contribution >= 4 is 6.03 Å². The molecule has 0 aliphatic heterocycles. The van der Waals surface area contributed by atoms with Gasteiger partial charge in [-0.1, -0.05) is 11.6 Å². The third-order valence-corrected chi connectivity index (χ3v) is 1.15. The van der Waals surface area contributed by atoms with E-state index in [2.05, 4.69) is 5.32 Å². The molecule has 0 aromatic heterocycles. The third-order valence-electron chi connectivity index (χ3n) is 1.15. The van der Waals surface area contributed by atoms with Crippen LogP contribution in [0.2, 0.25) is 0 Å². The Labute approximate surface area is 60.4 Å². The summed E-state index contributed by atoms with van der Waals surface area (Å²) in [6.07, 6.45) is 1.93. The zero-order chi connectivity index (χ0) is 7.98. The minimum Gasteiger partial charge on any atom is -0.333 e. The lowest BCUT2D eigenvalue weighted by Gasteiger charge is -2.02. The Morgan fingerprint density at radius 1 is 1.70 bits per heavy atom. The molecule has 0 heterocycles. The van der Waals surface area contributed by atoms with E-state index in [4.69, 9.17) is 5.84 Å². The van der Waals surface area contributed by atoms with Gasteiger partial charge in [-0.3, -0.25) is 5.43 Å². The van der Waals surface area contributed by atoms with Gasteiger partial charge in [0.1, 0.15) is 0 Å². The van der Waals surface area contributed by atoms with Gasteiger partial charge in [0.2, 0.25) is 0 Å². The van der Waals surface area contributed by atoms with Gasteiger partial charge in [0.25, 0.3) is 0 Å². The minimum absolute atomic E-state index is 0.360. The van der Waals surface area contributed by atoms with E-state index in [1.165, 1.54) is 0 Å². The Balaban J connectivity index is 3.45. The van der Waals surface area contributed by atoms with E-state index in [0.29, 0.717) is 6.54 Å². The van der Waals surface area contributed by atoms with Gasteiger partial charge >= 0.3 is 6.03 Å². The number of carbonyl (C=O) groups is 1. The molecule has 0 bridgehead atoms. The molecule has 0 atom stereocenters. The zero-order valence-corrected chi connectivity index (χ0v) is 6.27. The number of hydrogen-bond donors (Lipinski definition) is 3. The normalized spacial score (nSPS) is 10.9. The van der Waals surface area contributed by atoms with Crippen LogP contribution in [0.4, 0.5) is 4.79 Å². The van der Waals surface area contributed by atoms with Gasteiger partial charge in [0, 0.05) is 6.54 Å². The van der Waals surface area contributed by atoms with Gasteiger partial charge in [0.05, 0.1) is 0 Å². The van der Waals surface area contributed by atoms with Crippen LogP contribution < -0.4 is 16.6 Å². The predicted octanol–water partition coefficient (Wildman–Crippen LogP) is 0.126. The van der Waals surface area contributed by atoms with Crippen molar-refractivity contribution in [2.75, 3.05) is 6.54 Å². The Hall–Kier alpha value is -1.03. The first-order chi connectivity index (χ1) is 4.70. The van der Waals surface area contributed by atoms with Crippen LogP contribution in [-0.4, -0.2) is 12.6 Å². The van der Waals surface area contributed by atoms with Gasteiger partial charge in [-0.2, -0.15) is 0 Å². The molecule has 0 rings (SSSR count). The van der Waals surface area contributed by atoms with Gasteiger partial charge in [-0.25, -0.2) is 10.6 Å². The summed E-state index contributed by atoms with van der Waals surface area (Å²) in [5, 5.41) is 2.54. The Kier molecular flexibility index (Phi) is 4.32. The van der Waals surface area contributed by atoms with E-state index >= 15 is 0 Å². The van der Waals surface area contributed by atoms with Crippen LogP contribution in [0.5, 0.6) is 0 Å². The lowest BCUT2D eigenvalue weighted by Crippen LogP contribution is -2.40. The monoisotopic (exact) mass is 143 g/mol. The average molecular weight is 143 g/mol. The molecule has 0 fully saturated rings. The van der Waals surface area contributed by atoms with Crippen LogP contribution in [0.1, 0.15) is 13.8 Å². The first-order valence-corrected chi connectivity index (χ1v) is 3.07. The maximum atomic E-state index is 10.5. The quantitative estimate of drug-likeness (QED) is 0.222. The SMILES string of the molecule is C/C=C(\C)CNC(=O)NN. The van der Waals surface area contributed by atoms with E-state index in [0.717, 1.165) is 5.57 Å². The van der Waals surface area contributed by atoms with E-state index in [1.807, 2.05) is 25.3 Å². The van der Waals surface area contributed by atoms with Gasteiger partial charge in [0.15, 0.2) is 0 Å². The molecule has 0 aromatic carbocycles. The number of urea groups is 1. The Morgan fingerprint density at radius 3 is 2.70 bits per heavy atom. The predicted molar refractivity (Wildman–Crippen MR) is 40.2 cm³/mol. The zero-order valence-electron chi connectivity index (χ0n) is 6.27. The first-order valence-electron chi connectivity index (χ1n) is 3.07. The van der Waals surface area contributed by atoms with Crippen molar-refractivity contribution in [3.05, 3.63) is 11.6 Å². The molecule has 0 aromatic rings. The number of hydrazine groups is 1. The topological polar surface area (TPSA) is 67.2 Å². The number of hydrogen-bond acceptors (Lipinski definition) is 2. The van der Waals surface area contributed by atoms with Crippen molar-refractivity contribution in [3.63, 3.8) is 0 Å². The minimum atomic E-state index is -0.360. The fourth-order valence-electron chi connectivity index (χ4n) is 0.373. The van der Waals surface area contributed by atoms with E-state index < -0.39 is 0 Å². The van der Waals surface area contributed by atoms with E-state index in [-0.39, 0.29) is 6.03 Å². The molecule has 0 unspecified atom stereocenters. The van der Waals surface area contributed by atoms with Crippen molar-refractivity contribution in [1.29, 1.82) is 0 Å². The second-order valence-corrected chi connectivity index (χ2v) is 1.96. The highest BCUT2D eigenvalue weighted by molar-refractivity contribution is 5.73. The molecule has 0 aliphatic carbocycles. The van der Waals surface area contributed by atoms with Crippen molar-refractivity contribution in [1.82, 2.24) is 10.7 Å². The summed E-state index contributed by atoms with van der Waals surface area (Å²) in [5.41, 5.74) is 3.07. The fourth-order valence-corrected chi connectivity index (χ4v) is 0.373. The molecule has 0 aliphatic rings. The molecule has 4 N–H and O–H groups in total. The standard InChI is InChI=1S/C6H13N3O/c1-3-5(2)4-8-6(10)9-7/h3H,4,7H2,1-2H3,(H2,8,9,10)/b5-3+. The summed E-state index contributed by atoms with van der Waals surface area (Å²) < 4.78 is 0. The summed E-state index contributed by atoms with van der Waals surface area (Å²) in [7, 11) is 0. The molecular weight excluding hydrogens is 130 g/mol. The lowest BCUT2D eigenvalue weighted by molar-refractivity contribution is 0.242. The van der Waals surface area contributed by atoms with Crippen molar-refractivity contribution in [2.24, 2.45) is 5.84 Å². The van der Waals surface area contributed by atoms with Gasteiger partial charge in [-0.05, 0) is 13.8 Å². The van der Waals surface area contributed by atoms with Gasteiger partial charge in [-0.15, -0.1) is 0 Å². The van der Waals surface area contributed by atoms with Crippen molar-refractivity contribution in [3.8, 4) is 0 Å².